The molecular weight excluding hydrogens is 290 g/mol. The zero-order valence-electron chi connectivity index (χ0n) is 8.40. The lowest BCUT2D eigenvalue weighted by molar-refractivity contribution is 0.102. The predicted molar refractivity (Wildman–Crippen MR) is 66.7 cm³/mol. The molecule has 1 heterocycles. The van der Waals surface area contributed by atoms with Gasteiger partial charge in [0.15, 0.2) is 5.69 Å². The highest BCUT2D eigenvalue weighted by atomic mass is 79.9. The van der Waals surface area contributed by atoms with Gasteiger partial charge < -0.3 is 5.32 Å². The van der Waals surface area contributed by atoms with Crippen LogP contribution >= 0.6 is 27.5 Å². The van der Waals surface area contributed by atoms with Gasteiger partial charge in [-0.25, -0.2) is 0 Å². The van der Waals surface area contributed by atoms with E-state index in [1.54, 1.807) is 5.38 Å². The zero-order valence-corrected chi connectivity index (χ0v) is 10.8. The second-order valence-corrected chi connectivity index (χ2v) is 4.67. The summed E-state index contributed by atoms with van der Waals surface area (Å²) >= 11 is 4.56. The number of amides is 1. The first kappa shape index (κ1) is 11.2. The van der Waals surface area contributed by atoms with Crippen LogP contribution in [0.4, 0.5) is 5.69 Å². The van der Waals surface area contributed by atoms with E-state index in [-0.39, 0.29) is 5.91 Å². The fraction of sp³-hybridized carbons (Fsp3) is 0.100. The molecule has 0 atom stereocenters. The molecule has 0 saturated heterocycles. The van der Waals surface area contributed by atoms with E-state index >= 15 is 0 Å². The predicted octanol–water partition coefficient (Wildman–Crippen LogP) is 2.86. The minimum atomic E-state index is -0.246. The first-order valence-corrected chi connectivity index (χ1v) is 6.14. The molecule has 0 unspecified atom stereocenters. The Morgan fingerprint density at radius 1 is 1.50 bits per heavy atom. The lowest BCUT2D eigenvalue weighted by Crippen LogP contribution is -2.12. The quantitative estimate of drug-likeness (QED) is 0.927. The molecule has 82 valence electrons. The Kier molecular flexibility index (Phi) is 3.31. The third-order valence-electron chi connectivity index (χ3n) is 2.02. The van der Waals surface area contributed by atoms with E-state index < -0.39 is 0 Å². The van der Waals surface area contributed by atoms with Gasteiger partial charge >= 0.3 is 0 Å². The average molecular weight is 298 g/mol. The van der Waals surface area contributed by atoms with Gasteiger partial charge in [-0.1, -0.05) is 26.5 Å². The maximum absolute atomic E-state index is 11.6. The molecule has 1 amide bonds. The van der Waals surface area contributed by atoms with E-state index in [9.17, 15) is 4.79 Å². The number of anilines is 1. The summed E-state index contributed by atoms with van der Waals surface area (Å²) in [6, 6.07) is 5.63. The first-order valence-electron chi connectivity index (χ1n) is 4.51. The molecule has 4 nitrogen and oxygen atoms in total. The van der Waals surface area contributed by atoms with Crippen LogP contribution in [0.5, 0.6) is 0 Å². The smallest absolute Gasteiger partial charge is 0.277 e. The largest absolute Gasteiger partial charge is 0.321 e. The number of nitrogens with zero attached hydrogens (tertiary/aromatic N) is 2. The number of aryl methyl sites for hydroxylation is 1. The Labute approximate surface area is 105 Å². The Bertz CT molecular complexity index is 513. The standard InChI is InChI=1S/C10H8BrN3OS/c1-6-2-3-7(4-8(6)11)12-10(15)9-5-16-14-13-9/h2-5H,1H3,(H,12,15). The van der Waals surface area contributed by atoms with Crippen LogP contribution < -0.4 is 5.32 Å². The van der Waals surface area contributed by atoms with Crippen LogP contribution in [0, 0.1) is 6.92 Å². The summed E-state index contributed by atoms with van der Waals surface area (Å²) in [5.41, 5.74) is 2.19. The number of benzene rings is 1. The third-order valence-corrected chi connectivity index (χ3v) is 3.38. The molecule has 0 saturated carbocycles. The van der Waals surface area contributed by atoms with Gasteiger partial charge in [-0.05, 0) is 36.2 Å². The Morgan fingerprint density at radius 2 is 2.31 bits per heavy atom. The fourth-order valence-electron chi connectivity index (χ4n) is 1.13. The van der Waals surface area contributed by atoms with Crippen LogP contribution in [0.25, 0.3) is 0 Å². The van der Waals surface area contributed by atoms with Gasteiger partial charge in [0.25, 0.3) is 5.91 Å². The van der Waals surface area contributed by atoms with Crippen molar-refractivity contribution >= 4 is 39.1 Å². The lowest BCUT2D eigenvalue weighted by atomic mass is 10.2. The Balaban J connectivity index is 2.15. The minimum absolute atomic E-state index is 0.246. The van der Waals surface area contributed by atoms with E-state index in [1.165, 1.54) is 0 Å². The van der Waals surface area contributed by atoms with E-state index in [4.69, 9.17) is 0 Å². The van der Waals surface area contributed by atoms with Crippen molar-refractivity contribution in [1.82, 2.24) is 9.59 Å². The van der Waals surface area contributed by atoms with Gasteiger partial charge in [-0.3, -0.25) is 4.79 Å². The normalized spacial score (nSPS) is 10.1. The number of nitrogens with one attached hydrogen (secondary N) is 1. The summed E-state index contributed by atoms with van der Waals surface area (Å²) in [5, 5.41) is 8.05. The molecular formula is C10H8BrN3OS. The van der Waals surface area contributed by atoms with Gasteiger partial charge in [-0.15, -0.1) is 5.10 Å². The molecule has 0 aliphatic rings. The number of hydrogen-bond donors (Lipinski definition) is 1. The number of hydrogen-bond acceptors (Lipinski definition) is 4. The van der Waals surface area contributed by atoms with Gasteiger partial charge in [0, 0.05) is 15.5 Å². The highest BCUT2D eigenvalue weighted by molar-refractivity contribution is 9.10. The molecule has 6 heteroatoms. The van der Waals surface area contributed by atoms with Crippen molar-refractivity contribution in [1.29, 1.82) is 0 Å². The highest BCUT2D eigenvalue weighted by Gasteiger charge is 2.09. The second-order valence-electron chi connectivity index (χ2n) is 3.21. The van der Waals surface area contributed by atoms with Crippen molar-refractivity contribution in [3.8, 4) is 0 Å². The third kappa shape index (κ3) is 2.45. The maximum Gasteiger partial charge on any atom is 0.277 e. The summed E-state index contributed by atoms with van der Waals surface area (Å²) in [6.45, 7) is 1.99. The molecule has 0 fully saturated rings. The first-order chi connectivity index (χ1) is 7.66. The van der Waals surface area contributed by atoms with E-state index in [2.05, 4.69) is 30.8 Å². The van der Waals surface area contributed by atoms with Gasteiger partial charge in [0.05, 0.1) is 0 Å². The second kappa shape index (κ2) is 4.71. The van der Waals surface area contributed by atoms with Crippen molar-refractivity contribution in [2.45, 2.75) is 6.92 Å². The van der Waals surface area contributed by atoms with Crippen molar-refractivity contribution in [2.24, 2.45) is 0 Å². The molecule has 1 N–H and O–H groups in total. The van der Waals surface area contributed by atoms with Crippen LogP contribution in [0.15, 0.2) is 28.1 Å². The molecule has 0 radical (unpaired) electrons. The molecule has 1 aromatic carbocycles. The van der Waals surface area contributed by atoms with Gasteiger partial charge in [-0.2, -0.15) is 0 Å². The lowest BCUT2D eigenvalue weighted by Gasteiger charge is -2.04. The summed E-state index contributed by atoms with van der Waals surface area (Å²) in [6.07, 6.45) is 0. The van der Waals surface area contributed by atoms with E-state index in [0.29, 0.717) is 5.69 Å². The number of halogens is 1. The highest BCUT2D eigenvalue weighted by Crippen LogP contribution is 2.20. The molecule has 16 heavy (non-hydrogen) atoms. The summed E-state index contributed by atoms with van der Waals surface area (Å²) in [7, 11) is 0. The Hall–Kier alpha value is -1.27. The number of carbonyl (C=O) groups is 1. The molecule has 1 aromatic heterocycles. The summed E-state index contributed by atoms with van der Waals surface area (Å²) < 4.78 is 4.60. The minimum Gasteiger partial charge on any atom is -0.321 e. The van der Waals surface area contributed by atoms with E-state index in [0.717, 1.165) is 27.3 Å². The summed E-state index contributed by atoms with van der Waals surface area (Å²) in [5.74, 6) is -0.246. The molecule has 0 bridgehead atoms. The molecule has 2 aromatic rings. The van der Waals surface area contributed by atoms with Crippen molar-refractivity contribution in [2.75, 3.05) is 5.32 Å². The van der Waals surface area contributed by atoms with Gasteiger partial charge in [0.2, 0.25) is 0 Å². The molecule has 0 aliphatic heterocycles. The van der Waals surface area contributed by atoms with Crippen molar-refractivity contribution in [3.05, 3.63) is 39.3 Å². The number of rotatable bonds is 2. The van der Waals surface area contributed by atoms with Gasteiger partial charge in [0.1, 0.15) is 0 Å². The van der Waals surface area contributed by atoms with Crippen LogP contribution in [-0.4, -0.2) is 15.5 Å². The molecule has 0 aliphatic carbocycles. The van der Waals surface area contributed by atoms with Crippen molar-refractivity contribution in [3.63, 3.8) is 0 Å². The van der Waals surface area contributed by atoms with Crippen LogP contribution in [-0.2, 0) is 0 Å². The summed E-state index contributed by atoms with van der Waals surface area (Å²) in [4.78, 5) is 11.6. The van der Waals surface area contributed by atoms with Crippen molar-refractivity contribution < 1.29 is 4.79 Å². The number of aromatic nitrogens is 2. The fourth-order valence-corrected chi connectivity index (χ4v) is 1.94. The maximum atomic E-state index is 11.6. The van der Waals surface area contributed by atoms with Crippen LogP contribution in [0.3, 0.4) is 0 Å². The van der Waals surface area contributed by atoms with Crippen LogP contribution in [0.1, 0.15) is 16.1 Å². The SMILES string of the molecule is Cc1ccc(NC(=O)c2csnn2)cc1Br. The van der Waals surface area contributed by atoms with Crippen LogP contribution in [0.2, 0.25) is 0 Å². The number of carbonyl (C=O) groups excluding carboxylic acids is 1. The van der Waals surface area contributed by atoms with E-state index in [1.807, 2.05) is 25.1 Å². The zero-order chi connectivity index (χ0) is 11.5. The molecule has 0 spiro atoms. The Morgan fingerprint density at radius 3 is 2.94 bits per heavy atom. The monoisotopic (exact) mass is 297 g/mol. The average Bonchev–Trinajstić information content (AvgIpc) is 2.77. The molecule has 2 rings (SSSR count). The topological polar surface area (TPSA) is 54.9 Å².